The minimum Gasteiger partial charge on any atom is -0.494 e. The topological polar surface area (TPSA) is 35.9 Å². The maximum absolute atomic E-state index is 13.5. The lowest BCUT2D eigenvalue weighted by Gasteiger charge is -2.41. The van der Waals surface area contributed by atoms with E-state index >= 15 is 0 Å². The fourth-order valence-corrected chi connectivity index (χ4v) is 3.89. The lowest BCUT2D eigenvalue weighted by atomic mass is 9.92. The number of likely N-dealkylation sites (tertiary alicyclic amines) is 2. The number of methoxy groups -OCH3 is 1. The van der Waals surface area contributed by atoms with Gasteiger partial charge < -0.3 is 14.7 Å². The van der Waals surface area contributed by atoms with E-state index < -0.39 is 5.60 Å². The molecule has 0 saturated carbocycles. The third-order valence-corrected chi connectivity index (χ3v) is 4.97. The van der Waals surface area contributed by atoms with Crippen LogP contribution in [-0.4, -0.2) is 60.3 Å². The van der Waals surface area contributed by atoms with Gasteiger partial charge in [0.2, 0.25) is 0 Å². The molecule has 1 aromatic carbocycles. The summed E-state index contributed by atoms with van der Waals surface area (Å²) in [6, 6.07) is 5.00. The van der Waals surface area contributed by atoms with E-state index in [0.29, 0.717) is 6.54 Å². The Morgan fingerprint density at radius 2 is 1.91 bits per heavy atom. The number of halogens is 1. The number of aliphatic hydroxyl groups is 1. The maximum Gasteiger partial charge on any atom is 0.165 e. The number of ether oxygens (including phenoxy) is 1. The van der Waals surface area contributed by atoms with Gasteiger partial charge in [0.25, 0.3) is 0 Å². The Balaban J connectivity index is 1.61. The van der Waals surface area contributed by atoms with Crippen molar-refractivity contribution in [1.29, 1.82) is 0 Å². The highest BCUT2D eigenvalue weighted by atomic mass is 19.1. The molecule has 0 unspecified atom stereocenters. The SMILES string of the molecule is COc1cc(CN2CCC[C@@](O)(CN3CCCC3)C2)ccc1F. The van der Waals surface area contributed by atoms with E-state index in [1.807, 2.05) is 0 Å². The monoisotopic (exact) mass is 322 g/mol. The van der Waals surface area contributed by atoms with E-state index in [-0.39, 0.29) is 11.6 Å². The smallest absolute Gasteiger partial charge is 0.165 e. The normalized spacial score (nSPS) is 26.6. The number of nitrogens with zero attached hydrogens (tertiary/aromatic N) is 2. The molecule has 4 nitrogen and oxygen atoms in total. The largest absolute Gasteiger partial charge is 0.494 e. The molecule has 2 fully saturated rings. The molecule has 2 aliphatic rings. The molecular weight excluding hydrogens is 295 g/mol. The second-order valence-electron chi connectivity index (χ2n) is 6.99. The second kappa shape index (κ2) is 7.16. The van der Waals surface area contributed by atoms with Gasteiger partial charge in [-0.05, 0) is 63.0 Å². The summed E-state index contributed by atoms with van der Waals surface area (Å²) in [4.78, 5) is 4.65. The molecule has 1 aromatic rings. The van der Waals surface area contributed by atoms with Crippen LogP contribution in [0.25, 0.3) is 0 Å². The molecule has 1 N–H and O–H groups in total. The van der Waals surface area contributed by atoms with E-state index in [0.717, 1.165) is 51.1 Å². The molecule has 0 spiro atoms. The van der Waals surface area contributed by atoms with Crippen LogP contribution >= 0.6 is 0 Å². The Morgan fingerprint density at radius 3 is 2.65 bits per heavy atom. The van der Waals surface area contributed by atoms with Gasteiger partial charge in [0.15, 0.2) is 11.6 Å². The van der Waals surface area contributed by atoms with Crippen LogP contribution in [0.3, 0.4) is 0 Å². The lowest BCUT2D eigenvalue weighted by molar-refractivity contribution is -0.0519. The zero-order valence-electron chi connectivity index (χ0n) is 13.9. The van der Waals surface area contributed by atoms with Gasteiger partial charge in [-0.2, -0.15) is 0 Å². The Morgan fingerprint density at radius 1 is 1.17 bits per heavy atom. The van der Waals surface area contributed by atoms with E-state index in [2.05, 4.69) is 9.80 Å². The average molecular weight is 322 g/mol. The number of β-amino-alcohol motifs (C(OH)–C–C–N with tert-alkyl or cyclic N) is 1. The number of hydrogen-bond acceptors (Lipinski definition) is 4. The lowest BCUT2D eigenvalue weighted by Crippen LogP contribution is -2.53. The number of benzene rings is 1. The van der Waals surface area contributed by atoms with Crippen molar-refractivity contribution in [2.24, 2.45) is 0 Å². The van der Waals surface area contributed by atoms with Gasteiger partial charge in [0, 0.05) is 19.6 Å². The molecule has 2 heterocycles. The van der Waals surface area contributed by atoms with Crippen LogP contribution in [0.2, 0.25) is 0 Å². The van der Waals surface area contributed by atoms with Gasteiger partial charge in [-0.3, -0.25) is 4.90 Å². The third-order valence-electron chi connectivity index (χ3n) is 4.97. The first kappa shape index (κ1) is 16.7. The summed E-state index contributed by atoms with van der Waals surface area (Å²) in [5.74, 6) is -0.0488. The summed E-state index contributed by atoms with van der Waals surface area (Å²) >= 11 is 0. The molecule has 128 valence electrons. The number of hydrogen-bond donors (Lipinski definition) is 1. The molecule has 2 aliphatic heterocycles. The van der Waals surface area contributed by atoms with E-state index in [1.165, 1.54) is 26.0 Å². The highest BCUT2D eigenvalue weighted by molar-refractivity contribution is 5.30. The van der Waals surface area contributed by atoms with Crippen molar-refractivity contribution in [3.8, 4) is 5.75 Å². The van der Waals surface area contributed by atoms with E-state index in [9.17, 15) is 9.50 Å². The van der Waals surface area contributed by atoms with Crippen molar-refractivity contribution in [2.45, 2.75) is 37.8 Å². The van der Waals surface area contributed by atoms with Gasteiger partial charge in [-0.15, -0.1) is 0 Å². The molecule has 0 aliphatic carbocycles. The van der Waals surface area contributed by atoms with Crippen molar-refractivity contribution >= 4 is 0 Å². The van der Waals surface area contributed by atoms with Crippen molar-refractivity contribution in [3.63, 3.8) is 0 Å². The summed E-state index contributed by atoms with van der Waals surface area (Å²) < 4.78 is 18.6. The standard InChI is InChI=1S/C18H27FN2O2/c1-23-17-11-15(5-6-16(17)19)12-21-10-4-7-18(22,14-21)13-20-8-2-3-9-20/h5-6,11,22H,2-4,7-10,12-14H2,1H3/t18-/m1/s1. The Kier molecular flexibility index (Phi) is 5.19. The fourth-order valence-electron chi connectivity index (χ4n) is 3.89. The van der Waals surface area contributed by atoms with Crippen molar-refractivity contribution < 1.29 is 14.2 Å². The first-order valence-corrected chi connectivity index (χ1v) is 8.57. The zero-order valence-corrected chi connectivity index (χ0v) is 13.9. The molecular formula is C18H27FN2O2. The van der Waals surface area contributed by atoms with Gasteiger partial charge in [-0.1, -0.05) is 6.07 Å². The minimum absolute atomic E-state index is 0.284. The third kappa shape index (κ3) is 4.22. The minimum atomic E-state index is -0.618. The highest BCUT2D eigenvalue weighted by Gasteiger charge is 2.35. The quantitative estimate of drug-likeness (QED) is 0.902. The molecule has 1 atom stereocenters. The van der Waals surface area contributed by atoms with Crippen molar-refractivity contribution in [3.05, 3.63) is 29.6 Å². The Hall–Kier alpha value is -1.17. The van der Waals surface area contributed by atoms with Crippen LogP contribution < -0.4 is 4.74 Å². The Bertz CT molecular complexity index is 534. The molecule has 3 rings (SSSR count). The first-order valence-electron chi connectivity index (χ1n) is 8.57. The van der Waals surface area contributed by atoms with Crippen LogP contribution in [0, 0.1) is 5.82 Å². The predicted molar refractivity (Wildman–Crippen MR) is 88.1 cm³/mol. The summed E-state index contributed by atoms with van der Waals surface area (Å²) in [7, 11) is 1.48. The summed E-state index contributed by atoms with van der Waals surface area (Å²) in [6.07, 6.45) is 4.36. The summed E-state index contributed by atoms with van der Waals surface area (Å²) in [5, 5.41) is 11.0. The predicted octanol–water partition coefficient (Wildman–Crippen LogP) is 2.26. The molecule has 0 amide bonds. The molecule has 23 heavy (non-hydrogen) atoms. The van der Waals surface area contributed by atoms with Gasteiger partial charge in [0.05, 0.1) is 12.7 Å². The maximum atomic E-state index is 13.5. The van der Waals surface area contributed by atoms with Crippen LogP contribution in [0.15, 0.2) is 18.2 Å². The number of piperidine rings is 1. The van der Waals surface area contributed by atoms with E-state index in [4.69, 9.17) is 4.74 Å². The molecule has 0 radical (unpaired) electrons. The molecule has 0 aromatic heterocycles. The zero-order chi connectivity index (χ0) is 16.3. The van der Waals surface area contributed by atoms with Crippen LogP contribution in [0.5, 0.6) is 5.75 Å². The van der Waals surface area contributed by atoms with Gasteiger partial charge in [-0.25, -0.2) is 4.39 Å². The summed E-state index contributed by atoms with van der Waals surface area (Å²) in [5.41, 5.74) is 0.404. The van der Waals surface area contributed by atoms with Crippen LogP contribution in [0.1, 0.15) is 31.2 Å². The van der Waals surface area contributed by atoms with E-state index in [1.54, 1.807) is 12.1 Å². The van der Waals surface area contributed by atoms with Crippen LogP contribution in [0.4, 0.5) is 4.39 Å². The average Bonchev–Trinajstić information content (AvgIpc) is 3.01. The van der Waals surface area contributed by atoms with Gasteiger partial charge >= 0.3 is 0 Å². The van der Waals surface area contributed by atoms with Gasteiger partial charge in [0.1, 0.15) is 0 Å². The molecule has 0 bridgehead atoms. The van der Waals surface area contributed by atoms with Crippen LogP contribution in [-0.2, 0) is 6.54 Å². The second-order valence-corrected chi connectivity index (χ2v) is 6.99. The molecule has 2 saturated heterocycles. The fraction of sp³-hybridized carbons (Fsp3) is 0.667. The molecule has 5 heteroatoms. The van der Waals surface area contributed by atoms with Crippen molar-refractivity contribution in [1.82, 2.24) is 9.80 Å². The number of rotatable bonds is 5. The van der Waals surface area contributed by atoms with Crippen molar-refractivity contribution in [2.75, 3.05) is 39.8 Å². The first-order chi connectivity index (χ1) is 11.1. The summed E-state index contributed by atoms with van der Waals surface area (Å²) in [6.45, 7) is 5.37. The highest BCUT2D eigenvalue weighted by Crippen LogP contribution is 2.26. The Labute approximate surface area is 137 Å².